The van der Waals surface area contributed by atoms with E-state index in [1.54, 1.807) is 12.3 Å². The van der Waals surface area contributed by atoms with Crippen LogP contribution in [0.4, 0.5) is 0 Å². The Hall–Kier alpha value is -4.72. The van der Waals surface area contributed by atoms with Crippen molar-refractivity contribution >= 4 is 24.1 Å². The summed E-state index contributed by atoms with van der Waals surface area (Å²) in [7, 11) is 0. The molecule has 0 aliphatic carbocycles. The van der Waals surface area contributed by atoms with Gasteiger partial charge in [0.15, 0.2) is 5.82 Å². The van der Waals surface area contributed by atoms with Crippen molar-refractivity contribution in [3.05, 3.63) is 94.9 Å². The van der Waals surface area contributed by atoms with Crippen LogP contribution in [-0.4, -0.2) is 37.0 Å². The number of aromatic carboxylic acids is 2. The van der Waals surface area contributed by atoms with Crippen molar-refractivity contribution in [2.45, 2.75) is 6.92 Å². The summed E-state index contributed by atoms with van der Waals surface area (Å²) in [5.41, 5.74) is 3.18. The maximum Gasteiger partial charge on any atom is 0.335 e. The number of carbonyl (C=O) groups is 2. The van der Waals surface area contributed by atoms with E-state index < -0.39 is 11.9 Å². The summed E-state index contributed by atoms with van der Waals surface area (Å²) in [6, 6.07) is 14.9. The maximum atomic E-state index is 11.6. The molecule has 0 atom stereocenters. The molecule has 0 unspecified atom stereocenters. The van der Waals surface area contributed by atoms with E-state index in [0.717, 1.165) is 11.1 Å². The van der Waals surface area contributed by atoms with Gasteiger partial charge in [0.25, 0.3) is 0 Å². The zero-order valence-electron chi connectivity index (χ0n) is 17.5. The van der Waals surface area contributed by atoms with Gasteiger partial charge in [-0.25, -0.2) is 19.7 Å². The average Bonchev–Trinajstić information content (AvgIpc) is 2.83. The largest absolute Gasteiger partial charge is 0.545 e. The Morgan fingerprint density at radius 1 is 0.818 bits per heavy atom. The maximum absolute atomic E-state index is 11.6. The summed E-state index contributed by atoms with van der Waals surface area (Å²) >= 11 is 0. The topological polar surface area (TPSA) is 129 Å². The van der Waals surface area contributed by atoms with Gasteiger partial charge in [-0.2, -0.15) is 0 Å². The number of nitrogens with zero attached hydrogens (tertiary/aromatic N) is 4. The lowest BCUT2D eigenvalue weighted by atomic mass is 10.1. The number of rotatable bonds is 6. The van der Waals surface area contributed by atoms with E-state index in [1.165, 1.54) is 30.5 Å². The average molecular weight is 437 g/mol. The number of pyridine rings is 2. The van der Waals surface area contributed by atoms with Crippen LogP contribution in [0.25, 0.3) is 35.1 Å². The van der Waals surface area contributed by atoms with Gasteiger partial charge in [-0.05, 0) is 48.9 Å². The summed E-state index contributed by atoms with van der Waals surface area (Å²) in [5, 5.41) is 20.8. The van der Waals surface area contributed by atoms with Crippen LogP contribution in [0.1, 0.15) is 37.5 Å². The lowest BCUT2D eigenvalue weighted by Gasteiger charge is -2.09. The molecule has 0 radical (unpaired) electrons. The van der Waals surface area contributed by atoms with Crippen LogP contribution in [0, 0.1) is 6.92 Å². The Kier molecular flexibility index (Phi) is 5.99. The molecule has 0 aliphatic heterocycles. The molecule has 8 nitrogen and oxygen atoms in total. The van der Waals surface area contributed by atoms with Crippen LogP contribution in [0.3, 0.4) is 0 Å². The van der Waals surface area contributed by atoms with Gasteiger partial charge in [-0.3, -0.25) is 4.98 Å². The second-order valence-corrected chi connectivity index (χ2v) is 7.20. The van der Waals surface area contributed by atoms with Crippen molar-refractivity contribution in [2.75, 3.05) is 0 Å². The van der Waals surface area contributed by atoms with E-state index in [4.69, 9.17) is 0 Å². The second kappa shape index (κ2) is 9.19. The quantitative estimate of drug-likeness (QED) is 0.487. The molecular weight excluding hydrogens is 420 g/mol. The molecular formula is C25H17N4O4-. The third-order valence-corrected chi connectivity index (χ3v) is 4.76. The lowest BCUT2D eigenvalue weighted by molar-refractivity contribution is -0.255. The first-order valence-corrected chi connectivity index (χ1v) is 9.90. The van der Waals surface area contributed by atoms with Crippen molar-refractivity contribution in [1.29, 1.82) is 0 Å². The number of carboxylic acid groups (broad SMARTS) is 2. The number of carbonyl (C=O) groups excluding carboxylic acids is 1. The molecule has 3 aromatic heterocycles. The Morgan fingerprint density at radius 3 is 2.24 bits per heavy atom. The lowest BCUT2D eigenvalue weighted by Crippen LogP contribution is -2.22. The molecule has 4 rings (SSSR count). The standard InChI is InChI=1S/C25H18N4O4/c1-15-2-4-16(5-3-15)6-7-19-9-11-27-23(28-19)22-14-18(25(32)33)13-21(29-22)20-12-17(24(30)31)8-10-26-20/h2-14H,1H3,(H,30,31)(H,32,33)/p-1/b7-6+. The fraction of sp³-hybridized carbons (Fsp3) is 0.0400. The van der Waals surface area contributed by atoms with Gasteiger partial charge in [-0.15, -0.1) is 0 Å². The number of carboxylic acids is 2. The number of hydrogen-bond donors (Lipinski definition) is 1. The van der Waals surface area contributed by atoms with E-state index >= 15 is 0 Å². The van der Waals surface area contributed by atoms with Crippen LogP contribution >= 0.6 is 0 Å². The normalized spacial score (nSPS) is 10.9. The minimum atomic E-state index is -1.41. The molecule has 1 aromatic carbocycles. The molecule has 4 aromatic rings. The minimum absolute atomic E-state index is 0.00157. The molecule has 0 saturated heterocycles. The van der Waals surface area contributed by atoms with Crippen molar-refractivity contribution in [3.63, 3.8) is 0 Å². The summed E-state index contributed by atoms with van der Waals surface area (Å²) in [4.78, 5) is 40.1. The fourth-order valence-electron chi connectivity index (χ4n) is 3.05. The molecule has 0 fully saturated rings. The molecule has 8 heteroatoms. The highest BCUT2D eigenvalue weighted by molar-refractivity contribution is 5.90. The predicted octanol–water partition coefficient (Wildman–Crippen LogP) is 3.14. The molecule has 1 N–H and O–H groups in total. The summed E-state index contributed by atoms with van der Waals surface area (Å²) < 4.78 is 0. The van der Waals surface area contributed by atoms with E-state index in [9.17, 15) is 19.8 Å². The van der Waals surface area contributed by atoms with Gasteiger partial charge < -0.3 is 15.0 Å². The van der Waals surface area contributed by atoms with Gasteiger partial charge in [0, 0.05) is 18.0 Å². The van der Waals surface area contributed by atoms with Crippen LogP contribution in [0.5, 0.6) is 0 Å². The Morgan fingerprint density at radius 2 is 1.52 bits per heavy atom. The fourth-order valence-corrected chi connectivity index (χ4v) is 3.05. The second-order valence-electron chi connectivity index (χ2n) is 7.20. The highest BCUT2D eigenvalue weighted by Crippen LogP contribution is 2.23. The molecule has 0 amide bonds. The van der Waals surface area contributed by atoms with Crippen LogP contribution in [0.15, 0.2) is 67.0 Å². The Labute approximate surface area is 189 Å². The van der Waals surface area contributed by atoms with Gasteiger partial charge in [-0.1, -0.05) is 35.9 Å². The number of benzene rings is 1. The van der Waals surface area contributed by atoms with Gasteiger partial charge in [0.05, 0.1) is 28.6 Å². The molecule has 0 saturated carbocycles. The Balaban J connectivity index is 1.73. The molecule has 0 aliphatic rings. The highest BCUT2D eigenvalue weighted by Gasteiger charge is 2.13. The smallest absolute Gasteiger partial charge is 0.335 e. The number of hydrogen-bond acceptors (Lipinski definition) is 7. The van der Waals surface area contributed by atoms with Crippen LogP contribution < -0.4 is 5.11 Å². The summed E-state index contributed by atoms with van der Waals surface area (Å²) in [5.74, 6) is -2.34. The number of aryl methyl sites for hydroxylation is 1. The van der Waals surface area contributed by atoms with Crippen LogP contribution in [-0.2, 0) is 0 Å². The van der Waals surface area contributed by atoms with Crippen molar-refractivity contribution in [3.8, 4) is 22.9 Å². The first-order chi connectivity index (χ1) is 15.9. The van der Waals surface area contributed by atoms with E-state index in [-0.39, 0.29) is 34.0 Å². The van der Waals surface area contributed by atoms with Crippen molar-refractivity contribution in [1.82, 2.24) is 19.9 Å². The zero-order valence-corrected chi connectivity index (χ0v) is 17.5. The Bertz CT molecular complexity index is 1380. The first-order valence-electron chi connectivity index (χ1n) is 9.90. The predicted molar refractivity (Wildman–Crippen MR) is 120 cm³/mol. The SMILES string of the molecule is Cc1ccc(/C=C/c2ccnc(-c3cc(C(=O)[O-])cc(-c4cc(C(=O)O)ccn4)n3)n2)cc1. The minimum Gasteiger partial charge on any atom is -0.545 e. The van der Waals surface area contributed by atoms with Gasteiger partial charge >= 0.3 is 5.97 Å². The summed E-state index contributed by atoms with van der Waals surface area (Å²) in [6.07, 6.45) is 6.59. The van der Waals surface area contributed by atoms with E-state index in [2.05, 4.69) is 19.9 Å². The summed E-state index contributed by atoms with van der Waals surface area (Å²) in [6.45, 7) is 2.01. The van der Waals surface area contributed by atoms with Gasteiger partial charge in [0.1, 0.15) is 5.69 Å². The zero-order chi connectivity index (χ0) is 23.4. The third-order valence-electron chi connectivity index (χ3n) is 4.76. The van der Waals surface area contributed by atoms with Crippen LogP contribution in [0.2, 0.25) is 0 Å². The molecule has 3 heterocycles. The van der Waals surface area contributed by atoms with Crippen molar-refractivity contribution < 1.29 is 19.8 Å². The molecule has 0 spiro atoms. The first kappa shape index (κ1) is 21.5. The molecule has 0 bridgehead atoms. The molecule has 162 valence electrons. The number of aromatic nitrogens is 4. The van der Waals surface area contributed by atoms with E-state index in [0.29, 0.717) is 5.69 Å². The molecule has 33 heavy (non-hydrogen) atoms. The third kappa shape index (κ3) is 5.13. The van der Waals surface area contributed by atoms with E-state index in [1.807, 2.05) is 43.3 Å². The monoisotopic (exact) mass is 437 g/mol. The highest BCUT2D eigenvalue weighted by atomic mass is 16.4. The van der Waals surface area contributed by atoms with Gasteiger partial charge in [0.2, 0.25) is 0 Å². The van der Waals surface area contributed by atoms with Crippen molar-refractivity contribution in [2.24, 2.45) is 0 Å².